The maximum Gasteiger partial charge on any atom is 0.255 e. The molecule has 0 atom stereocenters. The third-order valence-electron chi connectivity index (χ3n) is 3.34. The Morgan fingerprint density at radius 1 is 1.25 bits per heavy atom. The molecule has 2 aromatic rings. The predicted octanol–water partition coefficient (Wildman–Crippen LogP) is 2.74. The van der Waals surface area contributed by atoms with E-state index in [1.165, 1.54) is 11.1 Å². The smallest absolute Gasteiger partial charge is 0.255 e. The Kier molecular flexibility index (Phi) is 3.80. The van der Waals surface area contributed by atoms with E-state index in [1.54, 1.807) is 12.3 Å². The fourth-order valence-corrected chi connectivity index (χ4v) is 2.51. The van der Waals surface area contributed by atoms with E-state index in [9.17, 15) is 4.79 Å². The van der Waals surface area contributed by atoms with Gasteiger partial charge in [-0.15, -0.1) is 0 Å². The highest BCUT2D eigenvalue weighted by Crippen LogP contribution is 2.17. The maximum atomic E-state index is 12.2. The minimum atomic E-state index is -0.109. The monoisotopic (exact) mass is 331 g/mol. The highest BCUT2D eigenvalue weighted by Gasteiger charge is 2.12. The number of fused-ring (bicyclic) bond motifs is 1. The molecule has 1 aliphatic heterocycles. The molecule has 2 N–H and O–H groups in total. The number of amides is 1. The van der Waals surface area contributed by atoms with Gasteiger partial charge in [-0.05, 0) is 64.3 Å². The summed E-state index contributed by atoms with van der Waals surface area (Å²) in [6.45, 7) is 1.83. The largest absolute Gasteiger partial charge is 0.321 e. The zero-order chi connectivity index (χ0) is 13.9. The fourth-order valence-electron chi connectivity index (χ4n) is 2.27. The van der Waals surface area contributed by atoms with Crippen molar-refractivity contribution >= 4 is 27.5 Å². The first-order valence-electron chi connectivity index (χ1n) is 6.48. The van der Waals surface area contributed by atoms with Crippen LogP contribution in [0.2, 0.25) is 0 Å². The normalized spacial score (nSPS) is 13.7. The molecule has 1 aromatic heterocycles. The van der Waals surface area contributed by atoms with Crippen LogP contribution in [0.15, 0.2) is 41.1 Å². The molecule has 2 heterocycles. The topological polar surface area (TPSA) is 54.0 Å². The SMILES string of the molecule is O=C(Nc1ccc(Br)nc1)c1ccc2c(c1)CNCC2. The second-order valence-electron chi connectivity index (χ2n) is 4.73. The first-order chi connectivity index (χ1) is 9.72. The molecule has 3 rings (SSSR count). The van der Waals surface area contributed by atoms with Crippen molar-refractivity contribution in [3.8, 4) is 0 Å². The summed E-state index contributed by atoms with van der Waals surface area (Å²) in [6.07, 6.45) is 2.65. The predicted molar refractivity (Wildman–Crippen MR) is 81.7 cm³/mol. The molecule has 1 aliphatic rings. The van der Waals surface area contributed by atoms with Crippen LogP contribution in [-0.4, -0.2) is 17.4 Å². The third-order valence-corrected chi connectivity index (χ3v) is 3.81. The van der Waals surface area contributed by atoms with E-state index in [2.05, 4.69) is 31.5 Å². The molecule has 20 heavy (non-hydrogen) atoms. The van der Waals surface area contributed by atoms with Crippen molar-refractivity contribution in [1.29, 1.82) is 0 Å². The van der Waals surface area contributed by atoms with Crippen LogP contribution in [0, 0.1) is 0 Å². The number of benzene rings is 1. The standard InChI is InChI=1S/C15H14BrN3O/c16-14-4-3-13(9-18-14)19-15(20)11-2-1-10-5-6-17-8-12(10)7-11/h1-4,7,9,17H,5-6,8H2,(H,19,20). The molecule has 0 radical (unpaired) electrons. The van der Waals surface area contributed by atoms with Crippen molar-refractivity contribution in [2.75, 3.05) is 11.9 Å². The van der Waals surface area contributed by atoms with Gasteiger partial charge in [-0.25, -0.2) is 4.98 Å². The second-order valence-corrected chi connectivity index (χ2v) is 5.55. The van der Waals surface area contributed by atoms with Crippen molar-refractivity contribution in [2.24, 2.45) is 0 Å². The number of hydrogen-bond acceptors (Lipinski definition) is 3. The Balaban J connectivity index is 1.78. The highest BCUT2D eigenvalue weighted by molar-refractivity contribution is 9.10. The Labute approximate surface area is 125 Å². The summed E-state index contributed by atoms with van der Waals surface area (Å²) in [5.41, 5.74) is 3.90. The van der Waals surface area contributed by atoms with Gasteiger partial charge >= 0.3 is 0 Å². The highest BCUT2D eigenvalue weighted by atomic mass is 79.9. The number of rotatable bonds is 2. The molecule has 5 heteroatoms. The second kappa shape index (κ2) is 5.73. The number of carbonyl (C=O) groups excluding carboxylic acids is 1. The van der Waals surface area contributed by atoms with E-state index >= 15 is 0 Å². The number of nitrogens with one attached hydrogen (secondary N) is 2. The van der Waals surface area contributed by atoms with Gasteiger partial charge in [0.2, 0.25) is 0 Å². The lowest BCUT2D eigenvalue weighted by atomic mass is 9.98. The van der Waals surface area contributed by atoms with Crippen molar-refractivity contribution < 1.29 is 4.79 Å². The van der Waals surface area contributed by atoms with Gasteiger partial charge in [0.05, 0.1) is 11.9 Å². The lowest BCUT2D eigenvalue weighted by Gasteiger charge is -2.17. The van der Waals surface area contributed by atoms with Crippen molar-refractivity contribution in [1.82, 2.24) is 10.3 Å². The van der Waals surface area contributed by atoms with E-state index in [4.69, 9.17) is 0 Å². The van der Waals surface area contributed by atoms with Crippen LogP contribution in [0.3, 0.4) is 0 Å². The summed E-state index contributed by atoms with van der Waals surface area (Å²) < 4.78 is 0.746. The van der Waals surface area contributed by atoms with Gasteiger partial charge in [0, 0.05) is 12.1 Å². The minimum Gasteiger partial charge on any atom is -0.321 e. The van der Waals surface area contributed by atoms with Crippen molar-refractivity contribution in [3.63, 3.8) is 0 Å². The van der Waals surface area contributed by atoms with E-state index in [1.807, 2.05) is 24.3 Å². The van der Waals surface area contributed by atoms with Crippen molar-refractivity contribution in [3.05, 3.63) is 57.8 Å². The molecule has 0 aliphatic carbocycles. The quantitative estimate of drug-likeness (QED) is 0.832. The van der Waals surface area contributed by atoms with E-state index in [-0.39, 0.29) is 5.91 Å². The summed E-state index contributed by atoms with van der Waals surface area (Å²) in [4.78, 5) is 16.3. The molecule has 102 valence electrons. The van der Waals surface area contributed by atoms with Crippen LogP contribution in [0.25, 0.3) is 0 Å². The van der Waals surface area contributed by atoms with Crippen LogP contribution in [0.4, 0.5) is 5.69 Å². The number of hydrogen-bond donors (Lipinski definition) is 2. The average Bonchev–Trinajstić information content (AvgIpc) is 2.49. The van der Waals surface area contributed by atoms with E-state index in [0.717, 1.165) is 24.1 Å². The molecule has 0 bridgehead atoms. The third kappa shape index (κ3) is 2.89. The summed E-state index contributed by atoms with van der Waals surface area (Å²) >= 11 is 3.27. The number of aromatic nitrogens is 1. The molecule has 1 aromatic carbocycles. The molecular weight excluding hydrogens is 318 g/mol. The Morgan fingerprint density at radius 3 is 2.95 bits per heavy atom. The van der Waals surface area contributed by atoms with Crippen LogP contribution >= 0.6 is 15.9 Å². The molecule has 0 saturated heterocycles. The first-order valence-corrected chi connectivity index (χ1v) is 7.27. The molecule has 1 amide bonds. The summed E-state index contributed by atoms with van der Waals surface area (Å²) in [7, 11) is 0. The van der Waals surface area contributed by atoms with Crippen LogP contribution < -0.4 is 10.6 Å². The molecule has 0 fully saturated rings. The van der Waals surface area contributed by atoms with Gasteiger partial charge in [-0.1, -0.05) is 6.07 Å². The molecular formula is C15H14BrN3O. The molecule has 0 unspecified atom stereocenters. The summed E-state index contributed by atoms with van der Waals surface area (Å²) in [6, 6.07) is 9.50. The number of pyridine rings is 1. The summed E-state index contributed by atoms with van der Waals surface area (Å²) in [5.74, 6) is -0.109. The first kappa shape index (κ1) is 13.3. The van der Waals surface area contributed by atoms with Gasteiger partial charge < -0.3 is 10.6 Å². The number of halogens is 1. The number of nitrogens with zero attached hydrogens (tertiary/aromatic N) is 1. The zero-order valence-corrected chi connectivity index (χ0v) is 12.4. The van der Waals surface area contributed by atoms with Gasteiger partial charge in [-0.3, -0.25) is 4.79 Å². The Hall–Kier alpha value is -1.72. The van der Waals surface area contributed by atoms with Gasteiger partial charge in [0.15, 0.2) is 0 Å². The zero-order valence-electron chi connectivity index (χ0n) is 10.8. The van der Waals surface area contributed by atoms with Crippen molar-refractivity contribution in [2.45, 2.75) is 13.0 Å². The van der Waals surface area contributed by atoms with E-state index < -0.39 is 0 Å². The summed E-state index contributed by atoms with van der Waals surface area (Å²) in [5, 5.41) is 6.17. The average molecular weight is 332 g/mol. The van der Waals surface area contributed by atoms with Crippen LogP contribution in [-0.2, 0) is 13.0 Å². The van der Waals surface area contributed by atoms with Gasteiger partial charge in [0.1, 0.15) is 4.60 Å². The maximum absolute atomic E-state index is 12.2. The van der Waals surface area contributed by atoms with Crippen LogP contribution in [0.5, 0.6) is 0 Å². The van der Waals surface area contributed by atoms with Gasteiger partial charge in [-0.2, -0.15) is 0 Å². The lowest BCUT2D eigenvalue weighted by Crippen LogP contribution is -2.24. The Bertz CT molecular complexity index is 640. The Morgan fingerprint density at radius 2 is 2.15 bits per heavy atom. The van der Waals surface area contributed by atoms with Gasteiger partial charge in [0.25, 0.3) is 5.91 Å². The molecule has 0 spiro atoms. The number of carbonyl (C=O) groups is 1. The van der Waals surface area contributed by atoms with E-state index in [0.29, 0.717) is 11.3 Å². The molecule has 4 nitrogen and oxygen atoms in total. The van der Waals surface area contributed by atoms with Crippen LogP contribution in [0.1, 0.15) is 21.5 Å². The molecule has 0 saturated carbocycles. The fraction of sp³-hybridized carbons (Fsp3) is 0.200. The minimum absolute atomic E-state index is 0.109. The lowest BCUT2D eigenvalue weighted by molar-refractivity contribution is 0.102. The number of anilines is 1.